The molecule has 1 unspecified atom stereocenters. The third kappa shape index (κ3) is 1.23. The second kappa shape index (κ2) is 2.76. The third-order valence-electron chi connectivity index (χ3n) is 2.84. The zero-order valence-corrected chi connectivity index (χ0v) is 8.14. The van der Waals surface area contributed by atoms with Gasteiger partial charge >= 0.3 is 0 Å². The molecular weight excluding hydrogens is 186 g/mol. The Morgan fingerprint density at radius 1 is 1.36 bits per heavy atom. The monoisotopic (exact) mass is 198 g/mol. The number of hydrogen-bond donors (Lipinski definition) is 1. The molecule has 0 saturated heterocycles. The van der Waals surface area contributed by atoms with Crippen molar-refractivity contribution in [2.75, 3.05) is 0 Å². The zero-order chi connectivity index (χ0) is 10.5. The number of fused-ring (bicyclic) bond motifs is 1. The topological polar surface area (TPSA) is 20.2 Å². The Morgan fingerprint density at radius 2 is 2.00 bits per heavy atom. The molecule has 1 aliphatic rings. The minimum absolute atomic E-state index is 0.261. The number of benzene rings is 1. The third-order valence-corrected chi connectivity index (χ3v) is 2.84. The van der Waals surface area contributed by atoms with Crippen molar-refractivity contribution < 1.29 is 13.9 Å². The summed E-state index contributed by atoms with van der Waals surface area (Å²) in [6.07, 6.45) is -0.323. The maximum Gasteiger partial charge on any atom is 0.132 e. The summed E-state index contributed by atoms with van der Waals surface area (Å²) in [5.74, 6) is -1.22. The van der Waals surface area contributed by atoms with E-state index in [1.165, 1.54) is 6.07 Å². The maximum absolute atomic E-state index is 13.3. The second-order valence-corrected chi connectivity index (χ2v) is 4.53. The van der Waals surface area contributed by atoms with Crippen LogP contribution in [0.15, 0.2) is 12.1 Å². The smallest absolute Gasteiger partial charge is 0.132 e. The largest absolute Gasteiger partial charge is 0.388 e. The summed E-state index contributed by atoms with van der Waals surface area (Å²) in [6.45, 7) is 3.68. The van der Waals surface area contributed by atoms with E-state index in [1.807, 2.05) is 13.8 Å². The lowest BCUT2D eigenvalue weighted by molar-refractivity contribution is 0.0640. The average Bonchev–Trinajstić information content (AvgIpc) is 2.21. The predicted octanol–water partition coefficient (Wildman–Crippen LogP) is 2.58. The molecule has 76 valence electrons. The van der Waals surface area contributed by atoms with E-state index in [0.29, 0.717) is 12.0 Å². The molecule has 1 atom stereocenters. The summed E-state index contributed by atoms with van der Waals surface area (Å²) < 4.78 is 26.2. The Morgan fingerprint density at radius 3 is 2.64 bits per heavy atom. The van der Waals surface area contributed by atoms with Gasteiger partial charge in [-0.15, -0.1) is 0 Å². The van der Waals surface area contributed by atoms with Crippen LogP contribution in [-0.4, -0.2) is 5.11 Å². The zero-order valence-electron chi connectivity index (χ0n) is 8.14. The molecular formula is C11H12F2O. The van der Waals surface area contributed by atoms with E-state index < -0.39 is 23.2 Å². The molecule has 0 spiro atoms. The molecule has 0 fully saturated rings. The fraction of sp³-hybridized carbons (Fsp3) is 0.455. The van der Waals surface area contributed by atoms with Crippen molar-refractivity contribution in [3.05, 3.63) is 34.9 Å². The van der Waals surface area contributed by atoms with E-state index in [-0.39, 0.29) is 5.56 Å². The van der Waals surface area contributed by atoms with Gasteiger partial charge in [0.1, 0.15) is 11.6 Å². The maximum atomic E-state index is 13.3. The number of halogens is 2. The van der Waals surface area contributed by atoms with Crippen LogP contribution in [0.5, 0.6) is 0 Å². The van der Waals surface area contributed by atoms with Gasteiger partial charge in [0, 0.05) is 11.6 Å². The Labute approximate surface area is 81.4 Å². The first-order valence-corrected chi connectivity index (χ1v) is 4.58. The molecule has 1 aromatic rings. The minimum atomic E-state index is -0.835. The lowest BCUT2D eigenvalue weighted by atomic mass is 9.87. The molecule has 0 heterocycles. The summed E-state index contributed by atoms with van der Waals surface area (Å²) in [6, 6.07) is 2.12. The highest BCUT2D eigenvalue weighted by Gasteiger charge is 2.39. The van der Waals surface area contributed by atoms with Gasteiger partial charge in [0.2, 0.25) is 0 Å². The van der Waals surface area contributed by atoms with Gasteiger partial charge in [0.15, 0.2) is 0 Å². The van der Waals surface area contributed by atoms with Crippen LogP contribution in [0, 0.1) is 17.0 Å². The molecule has 0 bridgehead atoms. The van der Waals surface area contributed by atoms with Crippen molar-refractivity contribution in [3.63, 3.8) is 0 Å². The first-order valence-electron chi connectivity index (χ1n) is 4.58. The van der Waals surface area contributed by atoms with Gasteiger partial charge in [-0.3, -0.25) is 0 Å². The Bertz CT molecular complexity index is 385. The van der Waals surface area contributed by atoms with E-state index in [2.05, 4.69) is 0 Å². The van der Waals surface area contributed by atoms with Crippen LogP contribution in [0.3, 0.4) is 0 Å². The van der Waals surface area contributed by atoms with Crippen molar-refractivity contribution >= 4 is 0 Å². The quantitative estimate of drug-likeness (QED) is 0.679. The molecule has 2 rings (SSSR count). The highest BCUT2D eigenvalue weighted by Crippen LogP contribution is 2.46. The number of aliphatic hydroxyl groups excluding tert-OH is 1. The van der Waals surface area contributed by atoms with Crippen molar-refractivity contribution in [2.45, 2.75) is 26.4 Å². The Kier molecular flexibility index (Phi) is 1.89. The molecule has 0 aliphatic heterocycles. The van der Waals surface area contributed by atoms with Gasteiger partial charge in [0.05, 0.1) is 6.10 Å². The van der Waals surface area contributed by atoms with Gasteiger partial charge in [-0.2, -0.15) is 0 Å². The van der Waals surface area contributed by atoms with E-state index >= 15 is 0 Å². The van der Waals surface area contributed by atoms with E-state index in [0.717, 1.165) is 6.07 Å². The Hall–Kier alpha value is -0.960. The summed E-state index contributed by atoms with van der Waals surface area (Å²) in [7, 11) is 0. The summed E-state index contributed by atoms with van der Waals surface area (Å²) >= 11 is 0. The van der Waals surface area contributed by atoms with Gasteiger partial charge in [-0.25, -0.2) is 8.78 Å². The van der Waals surface area contributed by atoms with Crippen LogP contribution in [0.1, 0.15) is 31.1 Å². The standard InChI is InChI=1S/C11H12F2O/c1-11(2)5-6-3-7(12)4-8(13)9(6)10(11)14/h3-4,10,14H,5H2,1-2H3. The van der Waals surface area contributed by atoms with Crippen molar-refractivity contribution in [1.29, 1.82) is 0 Å². The fourth-order valence-electron chi connectivity index (χ4n) is 2.07. The van der Waals surface area contributed by atoms with Crippen LogP contribution in [-0.2, 0) is 6.42 Å². The molecule has 1 aromatic carbocycles. The average molecular weight is 198 g/mol. The number of aliphatic hydroxyl groups is 1. The van der Waals surface area contributed by atoms with Crippen LogP contribution in [0.4, 0.5) is 8.78 Å². The second-order valence-electron chi connectivity index (χ2n) is 4.53. The molecule has 0 amide bonds. The van der Waals surface area contributed by atoms with Crippen LogP contribution in [0.2, 0.25) is 0 Å². The number of hydrogen-bond acceptors (Lipinski definition) is 1. The molecule has 0 aromatic heterocycles. The van der Waals surface area contributed by atoms with Crippen molar-refractivity contribution in [1.82, 2.24) is 0 Å². The molecule has 1 aliphatic carbocycles. The van der Waals surface area contributed by atoms with Crippen LogP contribution in [0.25, 0.3) is 0 Å². The lowest BCUT2D eigenvalue weighted by Crippen LogP contribution is -2.17. The first kappa shape index (κ1) is 9.59. The molecule has 0 radical (unpaired) electrons. The molecule has 0 saturated carbocycles. The molecule has 14 heavy (non-hydrogen) atoms. The van der Waals surface area contributed by atoms with E-state index in [4.69, 9.17) is 0 Å². The summed E-state index contributed by atoms with van der Waals surface area (Å²) in [5.41, 5.74) is 0.438. The molecule has 3 heteroatoms. The molecule has 1 N–H and O–H groups in total. The normalized spacial score (nSPS) is 23.6. The SMILES string of the molecule is CC1(C)Cc2cc(F)cc(F)c2C1O. The minimum Gasteiger partial charge on any atom is -0.388 e. The van der Waals surface area contributed by atoms with E-state index in [9.17, 15) is 13.9 Å². The van der Waals surface area contributed by atoms with Crippen molar-refractivity contribution in [2.24, 2.45) is 5.41 Å². The van der Waals surface area contributed by atoms with Gasteiger partial charge in [0.25, 0.3) is 0 Å². The number of rotatable bonds is 0. The van der Waals surface area contributed by atoms with Crippen LogP contribution >= 0.6 is 0 Å². The van der Waals surface area contributed by atoms with Gasteiger partial charge < -0.3 is 5.11 Å². The highest BCUT2D eigenvalue weighted by atomic mass is 19.1. The van der Waals surface area contributed by atoms with Crippen LogP contribution < -0.4 is 0 Å². The molecule has 1 nitrogen and oxygen atoms in total. The fourth-order valence-corrected chi connectivity index (χ4v) is 2.07. The summed E-state index contributed by atoms with van der Waals surface area (Å²) in [5, 5.41) is 9.82. The summed E-state index contributed by atoms with van der Waals surface area (Å²) in [4.78, 5) is 0. The Balaban J connectivity index is 2.59. The lowest BCUT2D eigenvalue weighted by Gasteiger charge is -2.22. The van der Waals surface area contributed by atoms with E-state index in [1.54, 1.807) is 0 Å². The highest BCUT2D eigenvalue weighted by molar-refractivity contribution is 5.37. The first-order chi connectivity index (χ1) is 6.42. The predicted molar refractivity (Wildman–Crippen MR) is 48.8 cm³/mol. The van der Waals surface area contributed by atoms with Crippen molar-refractivity contribution in [3.8, 4) is 0 Å². The van der Waals surface area contributed by atoms with Gasteiger partial charge in [-0.1, -0.05) is 13.8 Å². The van der Waals surface area contributed by atoms with Gasteiger partial charge in [-0.05, 0) is 23.5 Å².